The molecule has 106 valence electrons. The van der Waals surface area contributed by atoms with Gasteiger partial charge in [-0.2, -0.15) is 0 Å². The van der Waals surface area contributed by atoms with Crippen LogP contribution >= 0.6 is 11.6 Å². The van der Waals surface area contributed by atoms with Crippen LogP contribution in [0.15, 0.2) is 53.5 Å². The van der Waals surface area contributed by atoms with Gasteiger partial charge >= 0.3 is 0 Å². The lowest BCUT2D eigenvalue weighted by atomic mass is 10.00. The highest BCUT2D eigenvalue weighted by Crippen LogP contribution is 2.28. The Balaban J connectivity index is 2.28. The summed E-state index contributed by atoms with van der Waals surface area (Å²) in [6, 6.07) is 13.6. The quantitative estimate of drug-likeness (QED) is 0.588. The number of rotatable bonds is 1. The molecule has 1 aliphatic rings. The van der Waals surface area contributed by atoms with Gasteiger partial charge in [0.1, 0.15) is 5.82 Å². The molecule has 1 unspecified atom stereocenters. The Morgan fingerprint density at radius 3 is 2.43 bits per heavy atom. The second-order valence-electron chi connectivity index (χ2n) is 4.71. The molecular formula is C16H12ClFN2O. The molecule has 2 aromatic carbocycles. The van der Waals surface area contributed by atoms with Crippen LogP contribution in [0.2, 0.25) is 0 Å². The maximum absolute atomic E-state index is 14.1. The van der Waals surface area contributed by atoms with Gasteiger partial charge in [-0.3, -0.25) is 9.79 Å². The fraction of sp³-hybridized carbons (Fsp3) is 0.125. The predicted octanol–water partition coefficient (Wildman–Crippen LogP) is 3.20. The SMILES string of the molecule is CN1C(=O)C(Cl)N=C(c2ccccc2F)c2ccccc21. The van der Waals surface area contributed by atoms with Gasteiger partial charge in [-0.1, -0.05) is 41.9 Å². The van der Waals surface area contributed by atoms with Crippen LogP contribution < -0.4 is 4.90 Å². The number of benzodiazepines with no additional fused rings is 1. The summed E-state index contributed by atoms with van der Waals surface area (Å²) in [4.78, 5) is 17.8. The molecule has 0 N–H and O–H groups in total. The van der Waals surface area contributed by atoms with Gasteiger partial charge in [-0.25, -0.2) is 4.39 Å². The number of alkyl halides is 1. The molecule has 0 spiro atoms. The van der Waals surface area contributed by atoms with Crippen LogP contribution in [0.3, 0.4) is 0 Å². The number of nitrogens with zero attached hydrogens (tertiary/aromatic N) is 2. The zero-order chi connectivity index (χ0) is 15.0. The van der Waals surface area contributed by atoms with E-state index in [9.17, 15) is 9.18 Å². The van der Waals surface area contributed by atoms with E-state index in [0.29, 0.717) is 22.5 Å². The molecule has 0 saturated heterocycles. The Kier molecular flexibility index (Phi) is 3.47. The van der Waals surface area contributed by atoms with Crippen molar-refractivity contribution in [2.75, 3.05) is 11.9 Å². The van der Waals surface area contributed by atoms with Crippen molar-refractivity contribution >= 4 is 28.9 Å². The first kappa shape index (κ1) is 13.8. The molecule has 2 aromatic rings. The number of carbonyl (C=O) groups is 1. The number of amides is 1. The first-order chi connectivity index (χ1) is 10.1. The molecule has 0 saturated carbocycles. The first-order valence-corrected chi connectivity index (χ1v) is 6.87. The standard InChI is InChI=1S/C16H12ClFN2O/c1-20-13-9-5-3-7-11(13)14(19-15(17)16(20)21)10-6-2-4-8-12(10)18/h2-9,15H,1H3. The van der Waals surface area contributed by atoms with Crippen molar-refractivity contribution in [1.29, 1.82) is 0 Å². The van der Waals surface area contributed by atoms with E-state index in [2.05, 4.69) is 4.99 Å². The lowest BCUT2D eigenvalue weighted by molar-refractivity contribution is -0.117. The molecule has 1 amide bonds. The van der Waals surface area contributed by atoms with Crippen molar-refractivity contribution in [2.45, 2.75) is 5.50 Å². The number of hydrogen-bond donors (Lipinski definition) is 0. The molecule has 1 atom stereocenters. The highest BCUT2D eigenvalue weighted by molar-refractivity contribution is 6.35. The van der Waals surface area contributed by atoms with E-state index in [-0.39, 0.29) is 5.91 Å². The molecule has 0 fully saturated rings. The maximum Gasteiger partial charge on any atom is 0.266 e. The summed E-state index contributed by atoms with van der Waals surface area (Å²) in [7, 11) is 1.64. The van der Waals surface area contributed by atoms with Gasteiger partial charge in [0.15, 0.2) is 0 Å². The van der Waals surface area contributed by atoms with E-state index < -0.39 is 11.3 Å². The highest BCUT2D eigenvalue weighted by Gasteiger charge is 2.28. The summed E-state index contributed by atoms with van der Waals surface area (Å²) < 4.78 is 14.1. The van der Waals surface area contributed by atoms with Crippen molar-refractivity contribution in [3.63, 3.8) is 0 Å². The Hall–Kier alpha value is -2.20. The number of carbonyl (C=O) groups excluding carboxylic acids is 1. The minimum absolute atomic E-state index is 0.332. The summed E-state index contributed by atoms with van der Waals surface area (Å²) in [6.45, 7) is 0. The van der Waals surface area contributed by atoms with Crippen LogP contribution in [0.4, 0.5) is 10.1 Å². The normalized spacial score (nSPS) is 18.0. The predicted molar refractivity (Wildman–Crippen MR) is 81.5 cm³/mol. The molecule has 1 aliphatic heterocycles. The fourth-order valence-electron chi connectivity index (χ4n) is 2.35. The second-order valence-corrected chi connectivity index (χ2v) is 5.12. The molecular weight excluding hydrogens is 291 g/mol. The number of hydrogen-bond acceptors (Lipinski definition) is 2. The summed E-state index contributed by atoms with van der Waals surface area (Å²) in [6.07, 6.45) is 0. The Morgan fingerprint density at radius 1 is 1.10 bits per heavy atom. The first-order valence-electron chi connectivity index (χ1n) is 6.43. The number of fused-ring (bicyclic) bond motifs is 1. The van der Waals surface area contributed by atoms with Crippen molar-refractivity contribution < 1.29 is 9.18 Å². The maximum atomic E-state index is 14.1. The van der Waals surface area contributed by atoms with Crippen molar-refractivity contribution in [3.8, 4) is 0 Å². The summed E-state index contributed by atoms with van der Waals surface area (Å²) in [5.41, 5.74) is 0.992. The van der Waals surface area contributed by atoms with Crippen LogP contribution in [-0.2, 0) is 4.79 Å². The molecule has 1 heterocycles. The van der Waals surface area contributed by atoms with Crippen molar-refractivity contribution in [3.05, 3.63) is 65.5 Å². The van der Waals surface area contributed by atoms with E-state index in [1.165, 1.54) is 11.0 Å². The largest absolute Gasteiger partial charge is 0.312 e. The van der Waals surface area contributed by atoms with E-state index in [1.807, 2.05) is 12.1 Å². The molecule has 3 nitrogen and oxygen atoms in total. The molecule has 5 heteroatoms. The second kappa shape index (κ2) is 5.30. The lowest BCUT2D eigenvalue weighted by Crippen LogP contribution is -2.31. The van der Waals surface area contributed by atoms with Gasteiger partial charge in [0, 0.05) is 18.2 Å². The Bertz CT molecular complexity index is 745. The van der Waals surface area contributed by atoms with E-state index in [1.54, 1.807) is 37.4 Å². The number of likely N-dealkylation sites (N-methyl/N-ethyl adjacent to an activating group) is 1. The average molecular weight is 303 g/mol. The van der Waals surface area contributed by atoms with Crippen LogP contribution in [0.25, 0.3) is 0 Å². The number of anilines is 1. The fourth-order valence-corrected chi connectivity index (χ4v) is 2.59. The van der Waals surface area contributed by atoms with Crippen LogP contribution in [0, 0.1) is 5.82 Å². The zero-order valence-electron chi connectivity index (χ0n) is 11.3. The van der Waals surface area contributed by atoms with Crippen molar-refractivity contribution in [2.24, 2.45) is 4.99 Å². The van der Waals surface area contributed by atoms with Gasteiger partial charge in [0.25, 0.3) is 5.91 Å². The Morgan fingerprint density at radius 2 is 1.71 bits per heavy atom. The van der Waals surface area contributed by atoms with Crippen LogP contribution in [-0.4, -0.2) is 24.2 Å². The highest BCUT2D eigenvalue weighted by atomic mass is 35.5. The molecule has 3 rings (SSSR count). The zero-order valence-corrected chi connectivity index (χ0v) is 12.0. The minimum atomic E-state index is -1.07. The smallest absolute Gasteiger partial charge is 0.266 e. The molecule has 0 radical (unpaired) electrons. The third-order valence-corrected chi connectivity index (χ3v) is 3.71. The van der Waals surface area contributed by atoms with Crippen LogP contribution in [0.5, 0.6) is 0 Å². The molecule has 0 aliphatic carbocycles. The molecule has 0 aromatic heterocycles. The summed E-state index contributed by atoms with van der Waals surface area (Å²) >= 11 is 6.05. The monoisotopic (exact) mass is 302 g/mol. The summed E-state index contributed by atoms with van der Waals surface area (Å²) in [5, 5.41) is 0. The van der Waals surface area contributed by atoms with Gasteiger partial charge in [-0.15, -0.1) is 0 Å². The number of halogens is 2. The van der Waals surface area contributed by atoms with Gasteiger partial charge in [0.2, 0.25) is 5.50 Å². The average Bonchev–Trinajstić information content (AvgIpc) is 2.59. The number of benzene rings is 2. The van der Waals surface area contributed by atoms with E-state index in [0.717, 1.165) is 0 Å². The van der Waals surface area contributed by atoms with Gasteiger partial charge < -0.3 is 4.90 Å². The third-order valence-electron chi connectivity index (χ3n) is 3.43. The topological polar surface area (TPSA) is 32.7 Å². The summed E-state index contributed by atoms with van der Waals surface area (Å²) in [5.74, 6) is -0.734. The van der Waals surface area contributed by atoms with Crippen molar-refractivity contribution in [1.82, 2.24) is 0 Å². The lowest BCUT2D eigenvalue weighted by Gasteiger charge is -2.18. The minimum Gasteiger partial charge on any atom is -0.312 e. The van der Waals surface area contributed by atoms with Crippen LogP contribution in [0.1, 0.15) is 11.1 Å². The Labute approximate surface area is 126 Å². The third kappa shape index (κ3) is 2.32. The van der Waals surface area contributed by atoms with Gasteiger partial charge in [0.05, 0.1) is 11.4 Å². The van der Waals surface area contributed by atoms with E-state index >= 15 is 0 Å². The number of para-hydroxylation sites is 1. The van der Waals surface area contributed by atoms with Gasteiger partial charge in [-0.05, 0) is 18.2 Å². The van der Waals surface area contributed by atoms with E-state index in [4.69, 9.17) is 11.6 Å². The number of aliphatic imine (C=N–C) groups is 1. The molecule has 21 heavy (non-hydrogen) atoms. The molecule has 0 bridgehead atoms.